The summed E-state index contributed by atoms with van der Waals surface area (Å²) in [5.74, 6) is 0.569. The molecule has 1 N–H and O–H groups in total. The first-order valence-electron chi connectivity index (χ1n) is 12.0. The number of ether oxygens (including phenoxy) is 1. The van der Waals surface area contributed by atoms with Gasteiger partial charge in [-0.15, -0.1) is 0 Å². The lowest BCUT2D eigenvalue weighted by Crippen LogP contribution is -2.47. The number of unbranched alkanes of at least 4 members (excludes halogenated alkanes) is 1. The number of benzene rings is 1. The summed E-state index contributed by atoms with van der Waals surface area (Å²) >= 11 is 0. The summed E-state index contributed by atoms with van der Waals surface area (Å²) in [4.78, 5) is 23.8. The first-order chi connectivity index (χ1) is 15.8. The molecule has 0 spiro atoms. The number of nitrogens with zero attached hydrogens (tertiary/aromatic N) is 3. The van der Waals surface area contributed by atoms with Gasteiger partial charge in [0.2, 0.25) is 11.4 Å². The number of hydrogen-bond donors (Lipinski definition) is 1. The summed E-state index contributed by atoms with van der Waals surface area (Å²) in [6.07, 6.45) is 9.02. The number of aromatic nitrogens is 2. The van der Waals surface area contributed by atoms with Crippen LogP contribution >= 0.6 is 0 Å². The molecule has 2 aromatic heterocycles. The Kier molecular flexibility index (Phi) is 6.39. The minimum Gasteiger partial charge on any atom is -0.478 e. The summed E-state index contributed by atoms with van der Waals surface area (Å²) in [6.45, 7) is 6.25. The molecule has 0 atom stereocenters. The normalized spacial score (nSPS) is 16.8. The van der Waals surface area contributed by atoms with Crippen LogP contribution in [0.25, 0.3) is 10.9 Å². The third kappa shape index (κ3) is 4.80. The van der Waals surface area contributed by atoms with E-state index in [4.69, 9.17) is 4.74 Å². The number of hydrogen-bond acceptors (Lipinski definition) is 5. The summed E-state index contributed by atoms with van der Waals surface area (Å²) in [7, 11) is 0. The van der Waals surface area contributed by atoms with E-state index in [1.54, 1.807) is 29.5 Å². The van der Waals surface area contributed by atoms with Crippen LogP contribution in [0.2, 0.25) is 0 Å². The number of anilines is 1. The Morgan fingerprint density at radius 2 is 1.88 bits per heavy atom. The second-order valence-electron chi connectivity index (χ2n) is 8.94. The maximum Gasteiger partial charge on any atom is 0.248 e. The standard InChI is InChI=1S/C26H32N4O2/c31-25-11-10-21-19-27-26(18-23(21)28-25)32-17-4-3-12-29-13-15-30(16-14-29)24-9-5-7-20-6-1-2-8-22(20)24/h5,7,9-11,18-19H,1-4,6,8,12-17H2,(H,28,31). The predicted octanol–water partition coefficient (Wildman–Crippen LogP) is 3.78. The molecule has 0 amide bonds. The highest BCUT2D eigenvalue weighted by Gasteiger charge is 2.21. The highest BCUT2D eigenvalue weighted by molar-refractivity contribution is 5.77. The van der Waals surface area contributed by atoms with Crippen LogP contribution in [-0.4, -0.2) is 54.2 Å². The van der Waals surface area contributed by atoms with Crippen molar-refractivity contribution in [1.82, 2.24) is 14.9 Å². The van der Waals surface area contributed by atoms with Gasteiger partial charge >= 0.3 is 0 Å². The third-order valence-electron chi connectivity index (χ3n) is 6.78. The van der Waals surface area contributed by atoms with E-state index in [9.17, 15) is 4.79 Å². The van der Waals surface area contributed by atoms with Crippen molar-refractivity contribution in [3.05, 3.63) is 64.1 Å². The largest absolute Gasteiger partial charge is 0.478 e. The van der Waals surface area contributed by atoms with Crippen LogP contribution in [0.15, 0.2) is 47.4 Å². The van der Waals surface area contributed by atoms with E-state index >= 15 is 0 Å². The number of rotatable bonds is 7. The van der Waals surface area contributed by atoms with Gasteiger partial charge in [-0.1, -0.05) is 12.1 Å². The van der Waals surface area contributed by atoms with E-state index in [2.05, 4.69) is 38.0 Å². The Balaban J connectivity index is 1.05. The second kappa shape index (κ2) is 9.74. The van der Waals surface area contributed by atoms with Crippen LogP contribution in [-0.2, 0) is 12.8 Å². The average Bonchev–Trinajstić information content (AvgIpc) is 2.83. The van der Waals surface area contributed by atoms with Gasteiger partial charge in [0.1, 0.15) is 0 Å². The van der Waals surface area contributed by atoms with E-state index in [-0.39, 0.29) is 5.56 Å². The van der Waals surface area contributed by atoms with Crippen molar-refractivity contribution in [2.75, 3.05) is 44.2 Å². The summed E-state index contributed by atoms with van der Waals surface area (Å²) in [6, 6.07) is 12.0. The third-order valence-corrected chi connectivity index (χ3v) is 6.78. The van der Waals surface area contributed by atoms with Crippen molar-refractivity contribution in [1.29, 1.82) is 0 Å². The first kappa shape index (κ1) is 21.0. The Bertz CT molecular complexity index is 1120. The Morgan fingerprint density at radius 1 is 1.00 bits per heavy atom. The number of piperazine rings is 1. The predicted molar refractivity (Wildman–Crippen MR) is 129 cm³/mol. The van der Waals surface area contributed by atoms with Crippen molar-refractivity contribution in [2.45, 2.75) is 38.5 Å². The Morgan fingerprint density at radius 3 is 2.78 bits per heavy atom. The number of aromatic amines is 1. The zero-order valence-corrected chi connectivity index (χ0v) is 18.7. The van der Waals surface area contributed by atoms with Gasteiger partial charge in [0.25, 0.3) is 0 Å². The minimum atomic E-state index is -0.109. The lowest BCUT2D eigenvalue weighted by Gasteiger charge is -2.38. The molecule has 3 aromatic rings. The minimum absolute atomic E-state index is 0.109. The second-order valence-corrected chi connectivity index (χ2v) is 8.94. The fourth-order valence-corrected chi connectivity index (χ4v) is 4.99. The van der Waals surface area contributed by atoms with Gasteiger partial charge in [-0.2, -0.15) is 0 Å². The van der Waals surface area contributed by atoms with Crippen LogP contribution in [0.5, 0.6) is 5.88 Å². The number of nitrogens with one attached hydrogen (secondary N) is 1. The van der Waals surface area contributed by atoms with Crippen LogP contribution in [0.4, 0.5) is 5.69 Å². The van der Waals surface area contributed by atoms with Crippen molar-refractivity contribution in [3.63, 3.8) is 0 Å². The molecule has 32 heavy (non-hydrogen) atoms. The zero-order chi connectivity index (χ0) is 21.8. The molecule has 0 unspecified atom stereocenters. The van der Waals surface area contributed by atoms with Crippen LogP contribution in [0, 0.1) is 0 Å². The molecule has 6 heteroatoms. The van der Waals surface area contributed by atoms with Crippen molar-refractivity contribution in [2.24, 2.45) is 0 Å². The fraction of sp³-hybridized carbons (Fsp3) is 0.462. The maximum absolute atomic E-state index is 11.5. The number of H-pyrrole nitrogens is 1. The number of fused-ring (bicyclic) bond motifs is 2. The van der Waals surface area contributed by atoms with Gasteiger partial charge in [-0.05, 0) is 68.3 Å². The maximum atomic E-state index is 11.5. The molecule has 1 aliphatic heterocycles. The van der Waals surface area contributed by atoms with E-state index in [1.165, 1.54) is 37.4 Å². The molecule has 0 saturated carbocycles. The van der Waals surface area contributed by atoms with E-state index < -0.39 is 0 Å². The summed E-state index contributed by atoms with van der Waals surface area (Å²) in [5, 5.41) is 0.909. The number of aryl methyl sites for hydroxylation is 1. The van der Waals surface area contributed by atoms with Gasteiger partial charge in [0, 0.05) is 55.6 Å². The molecule has 1 saturated heterocycles. The van der Waals surface area contributed by atoms with Crippen molar-refractivity contribution < 1.29 is 4.74 Å². The highest BCUT2D eigenvalue weighted by Crippen LogP contribution is 2.31. The van der Waals surface area contributed by atoms with Crippen molar-refractivity contribution >= 4 is 16.6 Å². The molecule has 0 radical (unpaired) electrons. The molecule has 1 aromatic carbocycles. The molecule has 3 heterocycles. The SMILES string of the molecule is O=c1ccc2cnc(OCCCCN3CCN(c4cccc5c4CCCC5)CC3)cc2[nH]1. The lowest BCUT2D eigenvalue weighted by molar-refractivity contribution is 0.236. The van der Waals surface area contributed by atoms with Gasteiger partial charge < -0.3 is 14.6 Å². The van der Waals surface area contributed by atoms with Crippen LogP contribution < -0.4 is 15.2 Å². The van der Waals surface area contributed by atoms with Gasteiger partial charge in [-0.3, -0.25) is 9.69 Å². The topological polar surface area (TPSA) is 61.5 Å². The van der Waals surface area contributed by atoms with Crippen LogP contribution in [0.1, 0.15) is 36.8 Å². The monoisotopic (exact) mass is 432 g/mol. The molecule has 0 bridgehead atoms. The van der Waals surface area contributed by atoms with Gasteiger partial charge in [0.05, 0.1) is 12.1 Å². The molecular weight excluding hydrogens is 400 g/mol. The lowest BCUT2D eigenvalue weighted by atomic mass is 9.90. The Labute approximate surface area is 189 Å². The first-order valence-corrected chi connectivity index (χ1v) is 12.0. The molecule has 1 fully saturated rings. The van der Waals surface area contributed by atoms with E-state index in [1.807, 2.05) is 0 Å². The Hall–Kier alpha value is -2.86. The van der Waals surface area contributed by atoms with E-state index in [0.29, 0.717) is 12.5 Å². The molecular formula is C26H32N4O2. The van der Waals surface area contributed by atoms with Crippen LogP contribution in [0.3, 0.4) is 0 Å². The quantitative estimate of drug-likeness (QED) is 0.576. The average molecular weight is 433 g/mol. The molecule has 5 rings (SSSR count). The molecule has 168 valence electrons. The molecule has 6 nitrogen and oxygen atoms in total. The molecule has 1 aliphatic carbocycles. The zero-order valence-electron chi connectivity index (χ0n) is 18.7. The smallest absolute Gasteiger partial charge is 0.248 e. The van der Waals surface area contributed by atoms with Crippen molar-refractivity contribution in [3.8, 4) is 5.88 Å². The summed E-state index contributed by atoms with van der Waals surface area (Å²) in [5.41, 5.74) is 5.32. The van der Waals surface area contributed by atoms with Gasteiger partial charge in [0.15, 0.2) is 0 Å². The summed E-state index contributed by atoms with van der Waals surface area (Å²) < 4.78 is 5.81. The van der Waals surface area contributed by atoms with E-state index in [0.717, 1.165) is 56.5 Å². The fourth-order valence-electron chi connectivity index (χ4n) is 4.99. The van der Waals surface area contributed by atoms with Gasteiger partial charge in [-0.25, -0.2) is 4.98 Å². The highest BCUT2D eigenvalue weighted by atomic mass is 16.5. The molecule has 2 aliphatic rings. The number of pyridine rings is 2.